The quantitative estimate of drug-likeness (QED) is 0.779. The molecule has 2 aromatic carbocycles. The van der Waals surface area contributed by atoms with Gasteiger partial charge in [-0.1, -0.05) is 42.5 Å². The summed E-state index contributed by atoms with van der Waals surface area (Å²) in [4.78, 5) is 11.6. The van der Waals surface area contributed by atoms with E-state index >= 15 is 0 Å². The molecule has 0 amide bonds. The number of aromatic amines is 1. The topological polar surface area (TPSA) is 72.8 Å². The number of nitrogens with zero attached hydrogens (tertiary/aromatic N) is 3. The first kappa shape index (κ1) is 12.2. The third-order valence-electron chi connectivity index (χ3n) is 2.80. The Kier molecular flexibility index (Phi) is 3.28. The number of para-hydroxylation sites is 2. The molecule has 0 bridgehead atoms. The van der Waals surface area contributed by atoms with E-state index in [1.807, 2.05) is 42.5 Å². The van der Waals surface area contributed by atoms with Crippen molar-refractivity contribution < 1.29 is 4.74 Å². The van der Waals surface area contributed by atoms with Gasteiger partial charge in [-0.25, -0.2) is 9.89 Å². The third kappa shape index (κ3) is 2.44. The van der Waals surface area contributed by atoms with E-state index in [4.69, 9.17) is 4.74 Å². The molecule has 1 aromatic heterocycles. The molecular formula is C14H12N4O2. The van der Waals surface area contributed by atoms with E-state index in [0.29, 0.717) is 18.0 Å². The lowest BCUT2D eigenvalue weighted by molar-refractivity contribution is 0.304. The molecule has 0 aliphatic heterocycles. The van der Waals surface area contributed by atoms with Crippen LogP contribution in [0.15, 0.2) is 59.4 Å². The number of nitrogens with one attached hydrogen (secondary N) is 1. The molecule has 6 heteroatoms. The maximum atomic E-state index is 11.6. The summed E-state index contributed by atoms with van der Waals surface area (Å²) in [5.74, 6) is 0.576. The molecule has 3 aromatic rings. The van der Waals surface area contributed by atoms with Gasteiger partial charge in [0.1, 0.15) is 18.0 Å². The van der Waals surface area contributed by atoms with Crippen molar-refractivity contribution in [1.29, 1.82) is 0 Å². The van der Waals surface area contributed by atoms with Crippen molar-refractivity contribution >= 4 is 0 Å². The Balaban J connectivity index is 1.87. The molecule has 0 saturated heterocycles. The van der Waals surface area contributed by atoms with Gasteiger partial charge in [0.15, 0.2) is 0 Å². The van der Waals surface area contributed by atoms with Crippen LogP contribution < -0.4 is 10.4 Å². The molecular weight excluding hydrogens is 256 g/mol. The van der Waals surface area contributed by atoms with Crippen LogP contribution in [0.25, 0.3) is 5.69 Å². The first-order chi connectivity index (χ1) is 9.84. The van der Waals surface area contributed by atoms with Crippen LogP contribution in [-0.4, -0.2) is 20.2 Å². The Hall–Kier alpha value is -2.89. The molecule has 0 atom stereocenters. The minimum atomic E-state index is -0.402. The molecule has 100 valence electrons. The minimum absolute atomic E-state index is 0.402. The standard InChI is InChI=1S/C14H12N4O2/c19-14-15-16-17-18(14)12-8-4-5-9-13(12)20-10-11-6-2-1-3-7-11/h1-9H,10H2,(H,15,17,19). The van der Waals surface area contributed by atoms with E-state index in [1.54, 1.807) is 12.1 Å². The normalized spacial score (nSPS) is 10.4. The van der Waals surface area contributed by atoms with Crippen LogP contribution in [0.4, 0.5) is 0 Å². The largest absolute Gasteiger partial charge is 0.487 e. The first-order valence-corrected chi connectivity index (χ1v) is 6.11. The lowest BCUT2D eigenvalue weighted by Crippen LogP contribution is -2.17. The van der Waals surface area contributed by atoms with Gasteiger partial charge >= 0.3 is 5.69 Å². The molecule has 0 unspecified atom stereocenters. The summed E-state index contributed by atoms with van der Waals surface area (Å²) in [6, 6.07) is 17.0. The Labute approximate surface area is 114 Å². The maximum absolute atomic E-state index is 11.6. The highest BCUT2D eigenvalue weighted by Crippen LogP contribution is 2.21. The van der Waals surface area contributed by atoms with E-state index < -0.39 is 5.69 Å². The molecule has 20 heavy (non-hydrogen) atoms. The van der Waals surface area contributed by atoms with Crippen LogP contribution in [0.1, 0.15) is 5.56 Å². The summed E-state index contributed by atoms with van der Waals surface area (Å²) in [6.45, 7) is 0.421. The number of aromatic nitrogens is 4. The molecule has 0 aliphatic carbocycles. The minimum Gasteiger partial charge on any atom is -0.487 e. The Morgan fingerprint density at radius 1 is 1.05 bits per heavy atom. The zero-order chi connectivity index (χ0) is 13.8. The van der Waals surface area contributed by atoms with Crippen molar-refractivity contribution in [2.24, 2.45) is 0 Å². The predicted octanol–water partition coefficient (Wildman–Crippen LogP) is 1.53. The molecule has 1 heterocycles. The van der Waals surface area contributed by atoms with Crippen molar-refractivity contribution in [2.45, 2.75) is 6.61 Å². The highest BCUT2D eigenvalue weighted by molar-refractivity contribution is 5.45. The van der Waals surface area contributed by atoms with Crippen LogP contribution >= 0.6 is 0 Å². The number of tetrazole rings is 1. The fraction of sp³-hybridized carbons (Fsp3) is 0.0714. The molecule has 0 saturated carbocycles. The number of hydrogen-bond donors (Lipinski definition) is 1. The average Bonchev–Trinajstić information content (AvgIpc) is 2.92. The van der Waals surface area contributed by atoms with E-state index in [0.717, 1.165) is 5.56 Å². The smallest absolute Gasteiger partial charge is 0.365 e. The fourth-order valence-corrected chi connectivity index (χ4v) is 1.84. The molecule has 0 fully saturated rings. The van der Waals surface area contributed by atoms with Crippen LogP contribution in [0.2, 0.25) is 0 Å². The first-order valence-electron chi connectivity index (χ1n) is 6.11. The lowest BCUT2D eigenvalue weighted by Gasteiger charge is -2.10. The molecule has 6 nitrogen and oxygen atoms in total. The predicted molar refractivity (Wildman–Crippen MR) is 72.8 cm³/mol. The van der Waals surface area contributed by atoms with E-state index in [-0.39, 0.29) is 0 Å². The number of ether oxygens (including phenoxy) is 1. The molecule has 0 aliphatic rings. The van der Waals surface area contributed by atoms with Crippen molar-refractivity contribution in [2.75, 3.05) is 0 Å². The zero-order valence-corrected chi connectivity index (χ0v) is 10.6. The van der Waals surface area contributed by atoms with Gasteiger partial charge in [-0.3, -0.25) is 0 Å². The molecule has 0 spiro atoms. The zero-order valence-electron chi connectivity index (χ0n) is 10.6. The summed E-state index contributed by atoms with van der Waals surface area (Å²) in [7, 11) is 0. The highest BCUT2D eigenvalue weighted by atomic mass is 16.5. The van der Waals surface area contributed by atoms with Crippen molar-refractivity contribution in [1.82, 2.24) is 20.2 Å². The van der Waals surface area contributed by atoms with E-state index in [2.05, 4.69) is 15.5 Å². The van der Waals surface area contributed by atoms with Crippen molar-refractivity contribution in [3.63, 3.8) is 0 Å². The number of benzene rings is 2. The van der Waals surface area contributed by atoms with Gasteiger partial charge in [-0.2, -0.15) is 4.68 Å². The number of hydrogen-bond acceptors (Lipinski definition) is 4. The van der Waals surface area contributed by atoms with Crippen LogP contribution in [0, 0.1) is 0 Å². The fourth-order valence-electron chi connectivity index (χ4n) is 1.84. The second-order valence-electron chi connectivity index (χ2n) is 4.16. The Morgan fingerprint density at radius 2 is 1.80 bits per heavy atom. The molecule has 3 rings (SSSR count). The van der Waals surface area contributed by atoms with E-state index in [1.165, 1.54) is 4.68 Å². The maximum Gasteiger partial charge on any atom is 0.365 e. The Morgan fingerprint density at radius 3 is 2.55 bits per heavy atom. The van der Waals surface area contributed by atoms with Crippen LogP contribution in [0.5, 0.6) is 5.75 Å². The van der Waals surface area contributed by atoms with Crippen LogP contribution in [-0.2, 0) is 6.61 Å². The molecule has 0 radical (unpaired) electrons. The van der Waals surface area contributed by atoms with Gasteiger partial charge in [0.05, 0.1) is 0 Å². The average molecular weight is 268 g/mol. The van der Waals surface area contributed by atoms with Gasteiger partial charge in [0.25, 0.3) is 0 Å². The second-order valence-corrected chi connectivity index (χ2v) is 4.16. The lowest BCUT2D eigenvalue weighted by atomic mass is 10.2. The second kappa shape index (κ2) is 5.40. The third-order valence-corrected chi connectivity index (χ3v) is 2.80. The summed E-state index contributed by atoms with van der Waals surface area (Å²) in [6.07, 6.45) is 0. The van der Waals surface area contributed by atoms with E-state index in [9.17, 15) is 4.79 Å². The molecule has 1 N–H and O–H groups in total. The van der Waals surface area contributed by atoms with Gasteiger partial charge in [-0.05, 0) is 28.1 Å². The van der Waals surface area contributed by atoms with Gasteiger partial charge in [0, 0.05) is 0 Å². The summed E-state index contributed by atoms with van der Waals surface area (Å²) >= 11 is 0. The van der Waals surface area contributed by atoms with Gasteiger partial charge in [0.2, 0.25) is 0 Å². The van der Waals surface area contributed by atoms with Gasteiger partial charge < -0.3 is 4.74 Å². The van der Waals surface area contributed by atoms with Crippen molar-refractivity contribution in [3.05, 3.63) is 70.6 Å². The van der Waals surface area contributed by atoms with Crippen molar-refractivity contribution in [3.8, 4) is 11.4 Å². The SMILES string of the molecule is O=c1[nH]nnn1-c1ccccc1OCc1ccccc1. The number of H-pyrrole nitrogens is 1. The summed E-state index contributed by atoms with van der Waals surface area (Å²) in [5, 5.41) is 9.46. The van der Waals surface area contributed by atoms with Crippen LogP contribution in [0.3, 0.4) is 0 Å². The summed E-state index contributed by atoms with van der Waals surface area (Å²) < 4.78 is 6.93. The number of rotatable bonds is 4. The van der Waals surface area contributed by atoms with Gasteiger partial charge in [-0.15, -0.1) is 0 Å². The summed E-state index contributed by atoms with van der Waals surface area (Å²) in [5.41, 5.74) is 1.21. The monoisotopic (exact) mass is 268 g/mol. The Bertz CT molecular complexity index is 749. The highest BCUT2D eigenvalue weighted by Gasteiger charge is 2.09.